The van der Waals surface area contributed by atoms with Crippen molar-refractivity contribution in [2.24, 2.45) is 5.92 Å². The Labute approximate surface area is 212 Å². The molecule has 0 spiro atoms. The SMILES string of the molecule is Cc1cc(C)cc(CN2CC=CC3=C2C(=O)N(CC[C@@H](C)CO)CC3c2ccc(Cl)c(Cl)c2)c1. The molecule has 0 aromatic heterocycles. The molecule has 2 heterocycles. The van der Waals surface area contributed by atoms with Crippen LogP contribution in [0.1, 0.15) is 41.5 Å². The minimum Gasteiger partial charge on any atom is -0.396 e. The summed E-state index contributed by atoms with van der Waals surface area (Å²) in [5.41, 5.74) is 6.49. The number of aliphatic hydroxyl groups excluding tert-OH is 1. The predicted octanol–water partition coefficient (Wildman–Crippen LogP) is 5.88. The molecule has 2 aliphatic heterocycles. The number of carbonyl (C=O) groups is 1. The number of benzene rings is 2. The number of amides is 1. The van der Waals surface area contributed by atoms with E-state index in [9.17, 15) is 9.90 Å². The lowest BCUT2D eigenvalue weighted by molar-refractivity contribution is -0.130. The summed E-state index contributed by atoms with van der Waals surface area (Å²) >= 11 is 12.6. The van der Waals surface area contributed by atoms with Crippen molar-refractivity contribution < 1.29 is 9.90 Å². The number of nitrogens with zero attached hydrogens (tertiary/aromatic N) is 2. The van der Waals surface area contributed by atoms with Gasteiger partial charge < -0.3 is 14.9 Å². The van der Waals surface area contributed by atoms with Crippen LogP contribution in [-0.4, -0.2) is 47.1 Å². The number of aryl methyl sites for hydroxylation is 2. The molecule has 2 aromatic rings. The van der Waals surface area contributed by atoms with Gasteiger partial charge in [0, 0.05) is 38.7 Å². The molecule has 4 nitrogen and oxygen atoms in total. The smallest absolute Gasteiger partial charge is 0.270 e. The second-order valence-electron chi connectivity index (χ2n) is 9.64. The molecule has 0 radical (unpaired) electrons. The Morgan fingerprint density at radius 1 is 1.06 bits per heavy atom. The first kappa shape index (κ1) is 24.8. The van der Waals surface area contributed by atoms with Gasteiger partial charge in [-0.2, -0.15) is 0 Å². The zero-order valence-electron chi connectivity index (χ0n) is 20.0. The summed E-state index contributed by atoms with van der Waals surface area (Å²) in [6.07, 6.45) is 5.00. The highest BCUT2D eigenvalue weighted by Gasteiger charge is 2.37. The van der Waals surface area contributed by atoms with Crippen LogP contribution < -0.4 is 0 Å². The predicted molar refractivity (Wildman–Crippen MR) is 139 cm³/mol. The zero-order valence-corrected chi connectivity index (χ0v) is 21.5. The average molecular weight is 499 g/mol. The number of hydrogen-bond acceptors (Lipinski definition) is 3. The van der Waals surface area contributed by atoms with Gasteiger partial charge in [0.25, 0.3) is 5.91 Å². The van der Waals surface area contributed by atoms with Gasteiger partial charge in [-0.3, -0.25) is 4.79 Å². The monoisotopic (exact) mass is 498 g/mol. The molecular weight excluding hydrogens is 467 g/mol. The van der Waals surface area contributed by atoms with E-state index < -0.39 is 0 Å². The molecule has 0 saturated heterocycles. The van der Waals surface area contributed by atoms with Crippen LogP contribution in [0.5, 0.6) is 0 Å². The quantitative estimate of drug-likeness (QED) is 0.518. The molecule has 0 saturated carbocycles. The molecule has 0 aliphatic carbocycles. The Balaban J connectivity index is 1.73. The number of allylic oxidation sites excluding steroid dienone is 1. The van der Waals surface area contributed by atoms with Gasteiger partial charge in [0.15, 0.2) is 0 Å². The van der Waals surface area contributed by atoms with Crippen LogP contribution in [-0.2, 0) is 11.3 Å². The maximum Gasteiger partial charge on any atom is 0.270 e. The largest absolute Gasteiger partial charge is 0.396 e. The molecule has 180 valence electrons. The summed E-state index contributed by atoms with van der Waals surface area (Å²) in [6.45, 7) is 8.88. The molecule has 4 rings (SSSR count). The van der Waals surface area contributed by atoms with E-state index in [-0.39, 0.29) is 24.3 Å². The van der Waals surface area contributed by atoms with E-state index >= 15 is 0 Å². The van der Waals surface area contributed by atoms with Crippen LogP contribution in [0.2, 0.25) is 10.0 Å². The first-order valence-electron chi connectivity index (χ1n) is 11.8. The van der Waals surface area contributed by atoms with Gasteiger partial charge in [-0.05, 0) is 55.0 Å². The van der Waals surface area contributed by atoms with Gasteiger partial charge in [-0.25, -0.2) is 0 Å². The molecule has 2 atom stereocenters. The number of carbonyl (C=O) groups excluding carboxylic acids is 1. The van der Waals surface area contributed by atoms with Crippen molar-refractivity contribution in [2.75, 3.05) is 26.2 Å². The minimum absolute atomic E-state index is 0.00481. The second-order valence-corrected chi connectivity index (χ2v) is 10.5. The van der Waals surface area contributed by atoms with E-state index in [2.05, 4.69) is 49.1 Å². The van der Waals surface area contributed by atoms with E-state index in [4.69, 9.17) is 23.2 Å². The van der Waals surface area contributed by atoms with Crippen molar-refractivity contribution in [3.05, 3.63) is 92.1 Å². The highest BCUT2D eigenvalue weighted by Crippen LogP contribution is 2.39. The molecule has 0 fully saturated rings. The minimum atomic E-state index is 0.00481. The third-order valence-electron chi connectivity index (χ3n) is 6.69. The summed E-state index contributed by atoms with van der Waals surface area (Å²) in [4.78, 5) is 17.9. The average Bonchev–Trinajstić information content (AvgIpc) is 2.79. The maximum atomic E-state index is 13.8. The van der Waals surface area contributed by atoms with E-state index in [1.54, 1.807) is 0 Å². The van der Waals surface area contributed by atoms with Crippen molar-refractivity contribution in [2.45, 2.75) is 39.7 Å². The number of rotatable bonds is 7. The van der Waals surface area contributed by atoms with Crippen LogP contribution in [0, 0.1) is 19.8 Å². The van der Waals surface area contributed by atoms with Crippen LogP contribution in [0.25, 0.3) is 0 Å². The number of halogens is 2. The fourth-order valence-corrected chi connectivity index (χ4v) is 5.26. The third-order valence-corrected chi connectivity index (χ3v) is 7.42. The van der Waals surface area contributed by atoms with Crippen LogP contribution >= 0.6 is 23.2 Å². The van der Waals surface area contributed by atoms with Crippen LogP contribution in [0.4, 0.5) is 0 Å². The Kier molecular flexibility index (Phi) is 7.71. The van der Waals surface area contributed by atoms with E-state index in [0.29, 0.717) is 36.2 Å². The highest BCUT2D eigenvalue weighted by atomic mass is 35.5. The Bertz CT molecular complexity index is 1120. The summed E-state index contributed by atoms with van der Waals surface area (Å²) < 4.78 is 0. The summed E-state index contributed by atoms with van der Waals surface area (Å²) in [7, 11) is 0. The van der Waals surface area contributed by atoms with Crippen molar-refractivity contribution in [1.29, 1.82) is 0 Å². The molecule has 6 heteroatoms. The summed E-state index contributed by atoms with van der Waals surface area (Å²) in [5.74, 6) is 0.208. The van der Waals surface area contributed by atoms with Gasteiger partial charge >= 0.3 is 0 Å². The van der Waals surface area contributed by atoms with Crippen molar-refractivity contribution in [1.82, 2.24) is 9.80 Å². The van der Waals surface area contributed by atoms with Crippen LogP contribution in [0.15, 0.2) is 59.8 Å². The lowest BCUT2D eigenvalue weighted by atomic mass is 9.84. The van der Waals surface area contributed by atoms with Gasteiger partial charge in [0.2, 0.25) is 0 Å². The first-order chi connectivity index (χ1) is 16.3. The normalized spacial score (nSPS) is 19.0. The lowest BCUT2D eigenvalue weighted by Gasteiger charge is -2.41. The fourth-order valence-electron chi connectivity index (χ4n) is 4.95. The van der Waals surface area contributed by atoms with Crippen molar-refractivity contribution in [3.8, 4) is 0 Å². The van der Waals surface area contributed by atoms with Crippen molar-refractivity contribution in [3.63, 3.8) is 0 Å². The fraction of sp³-hybridized carbons (Fsp3) is 0.393. The third kappa shape index (κ3) is 5.35. The summed E-state index contributed by atoms with van der Waals surface area (Å²) in [6, 6.07) is 12.3. The zero-order chi connectivity index (χ0) is 24.4. The van der Waals surface area contributed by atoms with Gasteiger partial charge in [-0.1, -0.05) is 77.7 Å². The van der Waals surface area contributed by atoms with Crippen LogP contribution in [0.3, 0.4) is 0 Å². The highest BCUT2D eigenvalue weighted by molar-refractivity contribution is 6.42. The maximum absolute atomic E-state index is 13.8. The molecule has 1 unspecified atom stereocenters. The molecule has 2 aromatic carbocycles. The summed E-state index contributed by atoms with van der Waals surface area (Å²) in [5, 5.41) is 10.5. The molecule has 1 N–H and O–H groups in total. The molecule has 1 amide bonds. The topological polar surface area (TPSA) is 43.8 Å². The lowest BCUT2D eigenvalue weighted by Crippen LogP contribution is -2.47. The first-order valence-corrected chi connectivity index (χ1v) is 12.6. The molecular formula is C28H32Cl2N2O2. The second kappa shape index (κ2) is 10.6. The Morgan fingerprint density at radius 2 is 1.79 bits per heavy atom. The number of hydrogen-bond donors (Lipinski definition) is 1. The number of aliphatic hydroxyl groups is 1. The van der Waals surface area contributed by atoms with Gasteiger partial charge in [0.05, 0.1) is 10.0 Å². The molecule has 0 bridgehead atoms. The van der Waals surface area contributed by atoms with Gasteiger partial charge in [-0.15, -0.1) is 0 Å². The van der Waals surface area contributed by atoms with E-state index in [0.717, 1.165) is 23.3 Å². The van der Waals surface area contributed by atoms with E-state index in [1.807, 2.05) is 30.0 Å². The molecule has 2 aliphatic rings. The molecule has 34 heavy (non-hydrogen) atoms. The van der Waals surface area contributed by atoms with E-state index in [1.165, 1.54) is 16.7 Å². The Hall–Kier alpha value is -2.27. The van der Waals surface area contributed by atoms with Crippen molar-refractivity contribution >= 4 is 29.1 Å². The standard InChI is InChI=1S/C28H32Cl2N2O2/c1-18(17-33)8-10-32-16-24(22-6-7-25(29)26(30)14-22)23-5-4-9-31(27(23)28(32)34)15-21-12-19(2)11-20(3)13-21/h4-7,11-14,18,24,33H,8-10,15-17H2,1-3H3/t18-,24?/m1/s1. The Morgan fingerprint density at radius 3 is 2.47 bits per heavy atom. The van der Waals surface area contributed by atoms with Gasteiger partial charge in [0.1, 0.15) is 5.70 Å².